The monoisotopic (exact) mass is 132 g/mol. The first-order valence-electron chi connectivity index (χ1n) is 2.89. The van der Waals surface area contributed by atoms with Crippen LogP contribution in [0.15, 0.2) is 0 Å². The van der Waals surface area contributed by atoms with Gasteiger partial charge in [-0.3, -0.25) is 0 Å². The van der Waals surface area contributed by atoms with Crippen molar-refractivity contribution >= 4 is 0 Å². The van der Waals surface area contributed by atoms with Gasteiger partial charge in [0.1, 0.15) is 6.23 Å². The summed E-state index contributed by atoms with van der Waals surface area (Å²) in [5.41, 5.74) is 0. The standard InChI is InChI=1S/C5H12N2O2/c1-6-4-5(8-3)7(2)9-6/h5H,4H2,1-3H3. The molecule has 9 heavy (non-hydrogen) atoms. The van der Waals surface area contributed by atoms with E-state index in [0.29, 0.717) is 0 Å². The van der Waals surface area contributed by atoms with Gasteiger partial charge in [-0.25, -0.2) is 4.94 Å². The van der Waals surface area contributed by atoms with Crippen LogP contribution < -0.4 is 0 Å². The number of hydroxylamine groups is 4. The molecule has 1 rings (SSSR count). The lowest BCUT2D eigenvalue weighted by molar-refractivity contribution is -0.271. The maximum atomic E-state index is 5.11. The van der Waals surface area contributed by atoms with E-state index in [0.717, 1.165) is 6.54 Å². The van der Waals surface area contributed by atoms with Crippen LogP contribution >= 0.6 is 0 Å². The largest absolute Gasteiger partial charge is 0.363 e. The predicted octanol–water partition coefficient (Wildman–Crippen LogP) is -0.317. The third-order valence-corrected chi connectivity index (χ3v) is 1.36. The molecule has 1 fully saturated rings. The molecule has 4 nitrogen and oxygen atoms in total. The topological polar surface area (TPSA) is 24.9 Å². The minimum Gasteiger partial charge on any atom is -0.363 e. The summed E-state index contributed by atoms with van der Waals surface area (Å²) in [4.78, 5) is 5.11. The van der Waals surface area contributed by atoms with Crippen LogP contribution in [-0.2, 0) is 9.68 Å². The third kappa shape index (κ3) is 1.40. The van der Waals surface area contributed by atoms with Gasteiger partial charge in [0.25, 0.3) is 0 Å². The molecule has 1 atom stereocenters. The molecular weight excluding hydrogens is 120 g/mol. The van der Waals surface area contributed by atoms with Gasteiger partial charge in [0.05, 0.1) is 6.54 Å². The van der Waals surface area contributed by atoms with Gasteiger partial charge in [-0.2, -0.15) is 5.06 Å². The molecule has 1 heterocycles. The van der Waals surface area contributed by atoms with Crippen molar-refractivity contribution in [3.05, 3.63) is 0 Å². The summed E-state index contributed by atoms with van der Waals surface area (Å²) in [6, 6.07) is 0. The summed E-state index contributed by atoms with van der Waals surface area (Å²) in [5, 5.41) is 3.41. The Bertz CT molecular complexity index is 99.0. The SMILES string of the molecule is COC1CN(C)ON1C. The minimum absolute atomic E-state index is 0.0787. The normalized spacial score (nSPS) is 31.7. The molecule has 0 aromatic heterocycles. The molecule has 54 valence electrons. The van der Waals surface area contributed by atoms with Gasteiger partial charge in [0.15, 0.2) is 0 Å². The van der Waals surface area contributed by atoms with Crippen molar-refractivity contribution < 1.29 is 9.68 Å². The number of rotatable bonds is 1. The number of hydrogen-bond donors (Lipinski definition) is 0. The van der Waals surface area contributed by atoms with Gasteiger partial charge in [-0.15, -0.1) is 5.06 Å². The second-order valence-electron chi connectivity index (χ2n) is 2.13. The van der Waals surface area contributed by atoms with Gasteiger partial charge in [0.2, 0.25) is 0 Å². The third-order valence-electron chi connectivity index (χ3n) is 1.36. The molecule has 0 N–H and O–H groups in total. The Morgan fingerprint density at radius 1 is 1.56 bits per heavy atom. The number of hydrogen-bond acceptors (Lipinski definition) is 4. The van der Waals surface area contributed by atoms with Crippen molar-refractivity contribution in [1.29, 1.82) is 0 Å². The van der Waals surface area contributed by atoms with Gasteiger partial charge >= 0.3 is 0 Å². The Morgan fingerprint density at radius 2 is 2.22 bits per heavy atom. The Labute approximate surface area is 54.8 Å². The maximum Gasteiger partial charge on any atom is 0.149 e. The zero-order chi connectivity index (χ0) is 6.85. The summed E-state index contributed by atoms with van der Waals surface area (Å²) in [5.74, 6) is 0. The predicted molar refractivity (Wildman–Crippen MR) is 32.3 cm³/mol. The van der Waals surface area contributed by atoms with Gasteiger partial charge < -0.3 is 4.74 Å². The highest BCUT2D eigenvalue weighted by molar-refractivity contribution is 4.56. The summed E-state index contributed by atoms with van der Waals surface area (Å²) >= 11 is 0. The number of ether oxygens (including phenoxy) is 1. The summed E-state index contributed by atoms with van der Waals surface area (Å²) < 4.78 is 5.05. The Hall–Kier alpha value is -0.160. The molecular formula is C5H12N2O2. The average Bonchev–Trinajstić information content (AvgIpc) is 2.10. The van der Waals surface area contributed by atoms with Crippen molar-refractivity contribution in [2.45, 2.75) is 6.23 Å². The van der Waals surface area contributed by atoms with E-state index in [2.05, 4.69) is 0 Å². The Balaban J connectivity index is 2.38. The lowest BCUT2D eigenvalue weighted by Crippen LogP contribution is -2.27. The molecule has 0 amide bonds. The van der Waals surface area contributed by atoms with E-state index in [1.807, 2.05) is 14.1 Å². The van der Waals surface area contributed by atoms with Crippen molar-refractivity contribution in [1.82, 2.24) is 10.1 Å². The van der Waals surface area contributed by atoms with Crippen LogP contribution in [0, 0.1) is 0 Å². The van der Waals surface area contributed by atoms with Crippen molar-refractivity contribution in [3.8, 4) is 0 Å². The van der Waals surface area contributed by atoms with Crippen LogP contribution in [0.4, 0.5) is 0 Å². The molecule has 0 aliphatic carbocycles. The van der Waals surface area contributed by atoms with Crippen LogP contribution in [0.1, 0.15) is 0 Å². The van der Waals surface area contributed by atoms with Crippen LogP contribution in [0.25, 0.3) is 0 Å². The van der Waals surface area contributed by atoms with E-state index in [-0.39, 0.29) is 6.23 Å². The van der Waals surface area contributed by atoms with Crippen LogP contribution in [-0.4, -0.2) is 44.1 Å². The zero-order valence-electron chi connectivity index (χ0n) is 6.00. The fourth-order valence-electron chi connectivity index (χ4n) is 0.864. The molecule has 1 saturated heterocycles. The first kappa shape index (κ1) is 6.95. The Kier molecular flexibility index (Phi) is 2.02. The summed E-state index contributed by atoms with van der Waals surface area (Å²) in [6.45, 7) is 0.799. The van der Waals surface area contributed by atoms with Crippen LogP contribution in [0.5, 0.6) is 0 Å². The first-order chi connectivity index (χ1) is 4.24. The van der Waals surface area contributed by atoms with Crippen molar-refractivity contribution in [2.24, 2.45) is 0 Å². The highest BCUT2D eigenvalue weighted by Gasteiger charge is 2.25. The van der Waals surface area contributed by atoms with E-state index in [1.165, 1.54) is 0 Å². The van der Waals surface area contributed by atoms with E-state index >= 15 is 0 Å². The molecule has 0 radical (unpaired) electrons. The highest BCUT2D eigenvalue weighted by Crippen LogP contribution is 2.09. The molecule has 0 aromatic carbocycles. The first-order valence-corrected chi connectivity index (χ1v) is 2.89. The smallest absolute Gasteiger partial charge is 0.149 e. The molecule has 4 heteroatoms. The molecule has 1 aliphatic heterocycles. The van der Waals surface area contributed by atoms with E-state index in [9.17, 15) is 0 Å². The van der Waals surface area contributed by atoms with Gasteiger partial charge in [0, 0.05) is 21.2 Å². The van der Waals surface area contributed by atoms with Gasteiger partial charge in [-0.1, -0.05) is 0 Å². The molecule has 0 aromatic rings. The molecule has 0 saturated carbocycles. The lowest BCUT2D eigenvalue weighted by atomic mass is 10.5. The van der Waals surface area contributed by atoms with E-state index in [4.69, 9.17) is 9.68 Å². The lowest BCUT2D eigenvalue weighted by Gasteiger charge is -2.12. The second kappa shape index (κ2) is 2.62. The molecule has 0 spiro atoms. The van der Waals surface area contributed by atoms with Crippen molar-refractivity contribution in [3.63, 3.8) is 0 Å². The highest BCUT2D eigenvalue weighted by atomic mass is 16.9. The van der Waals surface area contributed by atoms with Crippen molar-refractivity contribution in [2.75, 3.05) is 27.7 Å². The number of nitrogens with zero attached hydrogens (tertiary/aromatic N) is 2. The van der Waals surface area contributed by atoms with Crippen LogP contribution in [0.3, 0.4) is 0 Å². The molecule has 1 unspecified atom stereocenters. The maximum absolute atomic E-state index is 5.11. The van der Waals surface area contributed by atoms with E-state index in [1.54, 1.807) is 17.2 Å². The average molecular weight is 132 g/mol. The number of likely N-dealkylation sites (N-methyl/N-ethyl adjacent to an activating group) is 2. The Morgan fingerprint density at radius 3 is 2.44 bits per heavy atom. The van der Waals surface area contributed by atoms with Crippen LogP contribution in [0.2, 0.25) is 0 Å². The number of methoxy groups -OCH3 is 1. The molecule has 1 aliphatic rings. The summed E-state index contributed by atoms with van der Waals surface area (Å²) in [6.07, 6.45) is 0.0787. The van der Waals surface area contributed by atoms with E-state index < -0.39 is 0 Å². The molecule has 0 bridgehead atoms. The fraction of sp³-hybridized carbons (Fsp3) is 1.00. The zero-order valence-corrected chi connectivity index (χ0v) is 6.00. The second-order valence-corrected chi connectivity index (χ2v) is 2.13. The minimum atomic E-state index is 0.0787. The van der Waals surface area contributed by atoms with Gasteiger partial charge in [-0.05, 0) is 0 Å². The quantitative estimate of drug-likeness (QED) is 0.488. The summed E-state index contributed by atoms with van der Waals surface area (Å²) in [7, 11) is 5.39. The fourth-order valence-corrected chi connectivity index (χ4v) is 0.864.